The average Bonchev–Trinajstić information content (AvgIpc) is 2.45. The molecule has 23 heavy (non-hydrogen) atoms. The molecule has 0 bridgehead atoms. The van der Waals surface area contributed by atoms with Crippen LogP contribution in [0.15, 0.2) is 48.5 Å². The van der Waals surface area contributed by atoms with Crippen LogP contribution in [0.25, 0.3) is 0 Å². The van der Waals surface area contributed by atoms with Gasteiger partial charge in [0.2, 0.25) is 0 Å². The van der Waals surface area contributed by atoms with Crippen LogP contribution in [-0.2, 0) is 0 Å². The van der Waals surface area contributed by atoms with Crippen LogP contribution in [0.3, 0.4) is 0 Å². The summed E-state index contributed by atoms with van der Waals surface area (Å²) < 4.78 is 0. The Labute approximate surface area is 145 Å². The van der Waals surface area contributed by atoms with Crippen molar-refractivity contribution in [3.63, 3.8) is 0 Å². The topological polar surface area (TPSA) is 6.48 Å². The SMILES string of the molecule is C=C(C(C)C)N(C)C(C)C.C=C1C=CN(C(C)C)C(C(C)C)=C1. The van der Waals surface area contributed by atoms with Crippen LogP contribution < -0.4 is 0 Å². The van der Waals surface area contributed by atoms with E-state index in [1.54, 1.807) is 0 Å². The van der Waals surface area contributed by atoms with Gasteiger partial charge in [-0.25, -0.2) is 0 Å². The van der Waals surface area contributed by atoms with Gasteiger partial charge in [-0.2, -0.15) is 0 Å². The van der Waals surface area contributed by atoms with Crippen LogP contribution in [0.1, 0.15) is 55.4 Å². The lowest BCUT2D eigenvalue weighted by atomic mass is 10.0. The average molecular weight is 319 g/mol. The molecular formula is C21H38N2. The lowest BCUT2D eigenvalue weighted by Crippen LogP contribution is -2.28. The number of hydrogen-bond donors (Lipinski definition) is 0. The van der Waals surface area contributed by atoms with Crippen LogP contribution in [0.5, 0.6) is 0 Å². The van der Waals surface area contributed by atoms with E-state index < -0.39 is 0 Å². The largest absolute Gasteiger partial charge is 0.376 e. The Balaban J connectivity index is 0.000000438. The van der Waals surface area contributed by atoms with Gasteiger partial charge in [-0.3, -0.25) is 0 Å². The van der Waals surface area contributed by atoms with Crippen molar-refractivity contribution in [3.8, 4) is 0 Å². The first-order valence-electron chi connectivity index (χ1n) is 8.77. The first-order chi connectivity index (χ1) is 10.5. The van der Waals surface area contributed by atoms with Gasteiger partial charge >= 0.3 is 0 Å². The first-order valence-corrected chi connectivity index (χ1v) is 8.77. The molecule has 2 heteroatoms. The molecule has 0 unspecified atom stereocenters. The van der Waals surface area contributed by atoms with E-state index in [0.29, 0.717) is 23.9 Å². The zero-order valence-corrected chi connectivity index (χ0v) is 16.9. The third kappa shape index (κ3) is 7.11. The van der Waals surface area contributed by atoms with Crippen LogP contribution in [0.2, 0.25) is 0 Å². The lowest BCUT2D eigenvalue weighted by Gasteiger charge is -2.32. The molecule has 0 aliphatic carbocycles. The van der Waals surface area contributed by atoms with Crippen molar-refractivity contribution in [1.29, 1.82) is 0 Å². The molecule has 0 saturated carbocycles. The minimum atomic E-state index is 0.526. The Morgan fingerprint density at radius 3 is 1.87 bits per heavy atom. The molecule has 132 valence electrons. The van der Waals surface area contributed by atoms with Crippen molar-refractivity contribution < 1.29 is 0 Å². The highest BCUT2D eigenvalue weighted by atomic mass is 15.1. The molecule has 0 saturated heterocycles. The van der Waals surface area contributed by atoms with Gasteiger partial charge in [-0.05, 0) is 57.3 Å². The first kappa shape index (κ1) is 21.6. The summed E-state index contributed by atoms with van der Waals surface area (Å²) in [5.41, 5.74) is 3.68. The van der Waals surface area contributed by atoms with Gasteiger partial charge in [0.05, 0.1) is 0 Å². The fourth-order valence-electron chi connectivity index (χ4n) is 2.25. The summed E-state index contributed by atoms with van der Waals surface area (Å²) in [4.78, 5) is 4.52. The smallest absolute Gasteiger partial charge is 0.0276 e. The van der Waals surface area contributed by atoms with Crippen LogP contribution in [0, 0.1) is 11.8 Å². The fraction of sp³-hybridized carbons (Fsp3) is 0.619. The maximum Gasteiger partial charge on any atom is 0.0276 e. The highest BCUT2D eigenvalue weighted by molar-refractivity contribution is 5.35. The number of nitrogens with zero attached hydrogens (tertiary/aromatic N) is 2. The summed E-state index contributed by atoms with van der Waals surface area (Å²) in [5.74, 6) is 1.12. The molecule has 1 heterocycles. The van der Waals surface area contributed by atoms with E-state index in [0.717, 1.165) is 5.57 Å². The molecule has 0 atom stereocenters. The molecule has 1 aliphatic rings. The predicted molar refractivity (Wildman–Crippen MR) is 105 cm³/mol. The Morgan fingerprint density at radius 1 is 1.04 bits per heavy atom. The van der Waals surface area contributed by atoms with E-state index in [9.17, 15) is 0 Å². The van der Waals surface area contributed by atoms with E-state index in [4.69, 9.17) is 0 Å². The zero-order chi connectivity index (χ0) is 18.3. The molecule has 0 N–H and O–H groups in total. The molecule has 0 aromatic carbocycles. The van der Waals surface area contributed by atoms with Gasteiger partial charge in [0.1, 0.15) is 0 Å². The summed E-state index contributed by atoms with van der Waals surface area (Å²) in [7, 11) is 2.09. The van der Waals surface area contributed by atoms with Crippen molar-refractivity contribution in [2.75, 3.05) is 7.05 Å². The number of hydrogen-bond acceptors (Lipinski definition) is 2. The molecule has 1 aliphatic heterocycles. The Bertz CT molecular complexity index is 450. The fourth-order valence-corrected chi connectivity index (χ4v) is 2.25. The number of rotatable bonds is 5. The van der Waals surface area contributed by atoms with Gasteiger partial charge in [0, 0.05) is 36.7 Å². The molecule has 1 rings (SSSR count). The normalized spacial score (nSPS) is 14.4. The van der Waals surface area contributed by atoms with Gasteiger partial charge in [-0.15, -0.1) is 0 Å². The molecular weight excluding hydrogens is 280 g/mol. The highest BCUT2D eigenvalue weighted by Crippen LogP contribution is 2.24. The Kier molecular flexibility index (Phi) is 9.04. The van der Waals surface area contributed by atoms with Crippen LogP contribution >= 0.6 is 0 Å². The second kappa shape index (κ2) is 9.64. The summed E-state index contributed by atoms with van der Waals surface area (Å²) in [5, 5.41) is 0. The summed E-state index contributed by atoms with van der Waals surface area (Å²) >= 11 is 0. The molecule has 2 nitrogen and oxygen atoms in total. The third-order valence-electron chi connectivity index (χ3n) is 4.12. The monoisotopic (exact) mass is 318 g/mol. The van der Waals surface area contributed by atoms with Crippen molar-refractivity contribution in [2.45, 2.75) is 67.5 Å². The summed E-state index contributed by atoms with van der Waals surface area (Å²) in [6.45, 7) is 25.5. The Morgan fingerprint density at radius 2 is 1.57 bits per heavy atom. The molecule has 0 radical (unpaired) electrons. The van der Waals surface area contributed by atoms with E-state index in [-0.39, 0.29) is 0 Å². The van der Waals surface area contributed by atoms with Gasteiger partial charge in [0.25, 0.3) is 0 Å². The van der Waals surface area contributed by atoms with E-state index in [1.165, 1.54) is 11.4 Å². The highest BCUT2D eigenvalue weighted by Gasteiger charge is 2.16. The van der Waals surface area contributed by atoms with Gasteiger partial charge in [-0.1, -0.05) is 40.9 Å². The minimum absolute atomic E-state index is 0.526. The molecule has 0 aromatic heterocycles. The second-order valence-electron chi connectivity index (χ2n) is 7.47. The van der Waals surface area contributed by atoms with Gasteiger partial charge in [0.15, 0.2) is 0 Å². The van der Waals surface area contributed by atoms with Gasteiger partial charge < -0.3 is 9.80 Å². The Hall–Kier alpha value is -1.44. The molecule has 0 aromatic rings. The van der Waals surface area contributed by atoms with E-state index in [2.05, 4.69) is 104 Å². The second-order valence-corrected chi connectivity index (χ2v) is 7.47. The van der Waals surface area contributed by atoms with E-state index >= 15 is 0 Å². The minimum Gasteiger partial charge on any atom is -0.376 e. The van der Waals surface area contributed by atoms with Crippen LogP contribution in [0.4, 0.5) is 0 Å². The van der Waals surface area contributed by atoms with Crippen molar-refractivity contribution >= 4 is 0 Å². The van der Waals surface area contributed by atoms with E-state index in [1.807, 2.05) is 0 Å². The maximum atomic E-state index is 4.00. The number of allylic oxidation sites excluding steroid dienone is 5. The zero-order valence-electron chi connectivity index (χ0n) is 16.9. The standard InChI is InChI=1S/C12H19N.C9H19N/c1-9(2)12-8-11(5)6-7-13(12)10(3)4;1-7(2)9(5)10(6)8(3)4/h6-10H,5H2,1-4H3;7-8H,5H2,1-4,6H3. The molecule has 0 fully saturated rings. The molecule has 0 spiro atoms. The van der Waals surface area contributed by atoms with Crippen molar-refractivity contribution in [2.24, 2.45) is 11.8 Å². The molecule has 0 amide bonds. The predicted octanol–water partition coefficient (Wildman–Crippen LogP) is 5.82. The summed E-state index contributed by atoms with van der Waals surface area (Å²) in [6, 6.07) is 1.09. The summed E-state index contributed by atoms with van der Waals surface area (Å²) in [6.07, 6.45) is 6.36. The van der Waals surface area contributed by atoms with Crippen molar-refractivity contribution in [3.05, 3.63) is 48.5 Å². The quantitative estimate of drug-likeness (QED) is 0.630. The maximum absolute atomic E-state index is 4.00. The lowest BCUT2D eigenvalue weighted by molar-refractivity contribution is 0.314. The van der Waals surface area contributed by atoms with Crippen molar-refractivity contribution in [1.82, 2.24) is 9.80 Å². The third-order valence-corrected chi connectivity index (χ3v) is 4.12. The van der Waals surface area contributed by atoms with Crippen LogP contribution in [-0.4, -0.2) is 28.9 Å².